The van der Waals surface area contributed by atoms with Crippen LogP contribution in [-0.2, 0) is 6.18 Å². The van der Waals surface area contributed by atoms with Crippen molar-refractivity contribution in [2.75, 3.05) is 5.32 Å². The lowest BCUT2D eigenvalue weighted by atomic mass is 10.1. The highest BCUT2D eigenvalue weighted by Crippen LogP contribution is 2.35. The number of aromatic nitrogens is 5. The van der Waals surface area contributed by atoms with E-state index in [1.165, 1.54) is 29.0 Å². The van der Waals surface area contributed by atoms with Gasteiger partial charge in [-0.2, -0.15) is 22.8 Å². The third-order valence-corrected chi connectivity index (χ3v) is 3.68. The Labute approximate surface area is 145 Å². The second kappa shape index (κ2) is 6.10. The Morgan fingerprint density at radius 3 is 2.54 bits per heavy atom. The lowest BCUT2D eigenvalue weighted by Gasteiger charge is -2.11. The number of hydrogen-bond acceptors (Lipinski definition) is 5. The standard InChI is InChI=1S/C17H11F3N6/c18-17(19,20)13-7-4-8-21-15(13)11-9-14-24-25-16(26(14)22-10-11)23-12-5-2-1-3-6-12/h1-10H,(H,23,25). The molecule has 0 atom stereocenters. The van der Waals surface area contributed by atoms with Gasteiger partial charge in [-0.05, 0) is 30.3 Å². The summed E-state index contributed by atoms with van der Waals surface area (Å²) >= 11 is 0. The molecule has 0 saturated heterocycles. The number of fused-ring (bicyclic) bond motifs is 1. The zero-order valence-electron chi connectivity index (χ0n) is 13.1. The average molecular weight is 356 g/mol. The normalized spacial score (nSPS) is 11.7. The number of nitrogens with zero attached hydrogens (tertiary/aromatic N) is 5. The second-order valence-electron chi connectivity index (χ2n) is 5.43. The van der Waals surface area contributed by atoms with Gasteiger partial charge in [0.05, 0.1) is 17.5 Å². The minimum Gasteiger partial charge on any atom is -0.323 e. The highest BCUT2D eigenvalue weighted by molar-refractivity contribution is 5.67. The fourth-order valence-corrected chi connectivity index (χ4v) is 2.51. The average Bonchev–Trinajstić information content (AvgIpc) is 3.04. The highest BCUT2D eigenvalue weighted by Gasteiger charge is 2.34. The van der Waals surface area contributed by atoms with E-state index in [1.54, 1.807) is 0 Å². The number of nitrogens with one attached hydrogen (secondary N) is 1. The van der Waals surface area contributed by atoms with Crippen molar-refractivity contribution < 1.29 is 13.2 Å². The quantitative estimate of drug-likeness (QED) is 0.602. The number of alkyl halides is 3. The van der Waals surface area contributed by atoms with Gasteiger partial charge in [0, 0.05) is 17.4 Å². The van der Waals surface area contributed by atoms with Crippen molar-refractivity contribution in [3.05, 3.63) is 66.5 Å². The molecule has 0 fully saturated rings. The van der Waals surface area contributed by atoms with Crippen molar-refractivity contribution in [3.8, 4) is 11.3 Å². The Morgan fingerprint density at radius 1 is 0.962 bits per heavy atom. The van der Waals surface area contributed by atoms with Crippen LogP contribution in [0.2, 0.25) is 0 Å². The molecule has 0 radical (unpaired) electrons. The van der Waals surface area contributed by atoms with Crippen LogP contribution in [0.25, 0.3) is 16.9 Å². The minimum absolute atomic E-state index is 0.199. The fraction of sp³-hybridized carbons (Fsp3) is 0.0588. The molecule has 26 heavy (non-hydrogen) atoms. The number of para-hydroxylation sites is 1. The Kier molecular flexibility index (Phi) is 3.76. The third kappa shape index (κ3) is 2.94. The van der Waals surface area contributed by atoms with Crippen molar-refractivity contribution in [2.45, 2.75) is 6.18 Å². The fourth-order valence-electron chi connectivity index (χ4n) is 2.51. The summed E-state index contributed by atoms with van der Waals surface area (Å²) in [7, 11) is 0. The smallest absolute Gasteiger partial charge is 0.323 e. The predicted molar refractivity (Wildman–Crippen MR) is 88.7 cm³/mol. The zero-order chi connectivity index (χ0) is 18.1. The van der Waals surface area contributed by atoms with E-state index in [9.17, 15) is 13.2 Å². The second-order valence-corrected chi connectivity index (χ2v) is 5.43. The molecule has 4 rings (SSSR count). The summed E-state index contributed by atoms with van der Waals surface area (Å²) in [6.07, 6.45) is -1.89. The zero-order valence-corrected chi connectivity index (χ0v) is 13.1. The molecular weight excluding hydrogens is 345 g/mol. The molecule has 9 heteroatoms. The van der Waals surface area contributed by atoms with Crippen LogP contribution in [0, 0.1) is 0 Å². The van der Waals surface area contributed by atoms with Gasteiger partial charge < -0.3 is 5.32 Å². The third-order valence-electron chi connectivity index (χ3n) is 3.68. The van der Waals surface area contributed by atoms with E-state index in [2.05, 4.69) is 25.6 Å². The van der Waals surface area contributed by atoms with E-state index in [1.807, 2.05) is 30.3 Å². The molecule has 0 amide bonds. The Bertz CT molecular complexity index is 1060. The number of hydrogen-bond donors (Lipinski definition) is 1. The maximum Gasteiger partial charge on any atom is 0.418 e. The first-order valence-corrected chi connectivity index (χ1v) is 7.58. The van der Waals surface area contributed by atoms with Crippen LogP contribution in [0.3, 0.4) is 0 Å². The van der Waals surface area contributed by atoms with E-state index in [0.717, 1.165) is 11.8 Å². The highest BCUT2D eigenvalue weighted by atomic mass is 19.4. The Balaban J connectivity index is 1.75. The molecule has 1 N–H and O–H groups in total. The van der Waals surface area contributed by atoms with Gasteiger partial charge in [0.2, 0.25) is 5.95 Å². The predicted octanol–water partition coefficient (Wildman–Crippen LogP) is 3.95. The van der Waals surface area contributed by atoms with E-state index in [-0.39, 0.29) is 11.3 Å². The summed E-state index contributed by atoms with van der Waals surface area (Å²) in [4.78, 5) is 3.86. The van der Waals surface area contributed by atoms with Gasteiger partial charge in [0.1, 0.15) is 0 Å². The molecular formula is C17H11F3N6. The number of rotatable bonds is 3. The van der Waals surface area contributed by atoms with Crippen molar-refractivity contribution in [1.82, 2.24) is 24.8 Å². The molecule has 1 aromatic carbocycles. The van der Waals surface area contributed by atoms with E-state index in [4.69, 9.17) is 0 Å². The van der Waals surface area contributed by atoms with Gasteiger partial charge in [-0.3, -0.25) is 4.98 Å². The van der Waals surface area contributed by atoms with Crippen LogP contribution >= 0.6 is 0 Å². The number of anilines is 2. The topological polar surface area (TPSA) is 68.0 Å². The molecule has 0 aliphatic carbocycles. The maximum absolute atomic E-state index is 13.2. The van der Waals surface area contributed by atoms with Crippen molar-refractivity contribution in [3.63, 3.8) is 0 Å². The van der Waals surface area contributed by atoms with E-state index >= 15 is 0 Å². The Hall–Kier alpha value is -3.49. The van der Waals surface area contributed by atoms with Gasteiger partial charge >= 0.3 is 6.18 Å². The molecule has 0 aliphatic heterocycles. The summed E-state index contributed by atoms with van der Waals surface area (Å²) < 4.78 is 41.0. The molecule has 0 saturated carbocycles. The van der Waals surface area contributed by atoms with Gasteiger partial charge in [-0.15, -0.1) is 10.2 Å². The van der Waals surface area contributed by atoms with Crippen LogP contribution in [0.4, 0.5) is 24.8 Å². The van der Waals surface area contributed by atoms with Gasteiger partial charge in [-0.25, -0.2) is 0 Å². The number of benzene rings is 1. The van der Waals surface area contributed by atoms with Gasteiger partial charge in [0.15, 0.2) is 5.65 Å². The molecule has 6 nitrogen and oxygen atoms in total. The summed E-state index contributed by atoms with van der Waals surface area (Å²) in [5.41, 5.74) is 0.282. The van der Waals surface area contributed by atoms with Crippen molar-refractivity contribution >= 4 is 17.3 Å². The molecule has 130 valence electrons. The number of pyridine rings is 1. The first kappa shape index (κ1) is 16.0. The van der Waals surface area contributed by atoms with Gasteiger partial charge in [0.25, 0.3) is 0 Å². The monoisotopic (exact) mass is 356 g/mol. The molecule has 3 aromatic heterocycles. The molecule has 0 unspecified atom stereocenters. The SMILES string of the molecule is FC(F)(F)c1cccnc1-c1cnn2c(Nc3ccccc3)nnc2c1. The Morgan fingerprint density at radius 2 is 1.77 bits per heavy atom. The molecule has 0 spiro atoms. The van der Waals surface area contributed by atoms with E-state index in [0.29, 0.717) is 11.6 Å². The summed E-state index contributed by atoms with van der Waals surface area (Å²) in [5, 5.41) is 15.2. The first-order valence-electron chi connectivity index (χ1n) is 7.58. The molecule has 4 aromatic rings. The van der Waals surface area contributed by atoms with Crippen LogP contribution in [0.5, 0.6) is 0 Å². The van der Waals surface area contributed by atoms with Crippen LogP contribution in [0.15, 0.2) is 60.9 Å². The molecule has 0 aliphatic rings. The summed E-state index contributed by atoms with van der Waals surface area (Å²) in [5.74, 6) is 0.356. The molecule has 3 heterocycles. The van der Waals surface area contributed by atoms with E-state index < -0.39 is 11.7 Å². The molecule has 0 bridgehead atoms. The maximum atomic E-state index is 13.2. The van der Waals surface area contributed by atoms with Crippen LogP contribution in [0.1, 0.15) is 5.56 Å². The van der Waals surface area contributed by atoms with Crippen molar-refractivity contribution in [1.29, 1.82) is 0 Å². The lowest BCUT2D eigenvalue weighted by Crippen LogP contribution is -2.08. The van der Waals surface area contributed by atoms with Crippen LogP contribution < -0.4 is 5.32 Å². The van der Waals surface area contributed by atoms with Crippen molar-refractivity contribution in [2.24, 2.45) is 0 Å². The first-order chi connectivity index (χ1) is 12.5. The minimum atomic E-state index is -4.51. The van der Waals surface area contributed by atoms with Gasteiger partial charge in [-0.1, -0.05) is 18.2 Å². The summed E-state index contributed by atoms with van der Waals surface area (Å²) in [6.45, 7) is 0. The number of halogens is 3. The lowest BCUT2D eigenvalue weighted by molar-refractivity contribution is -0.137. The summed E-state index contributed by atoms with van der Waals surface area (Å²) in [6, 6.07) is 13.0. The van der Waals surface area contributed by atoms with Crippen LogP contribution in [-0.4, -0.2) is 24.8 Å². The largest absolute Gasteiger partial charge is 0.418 e.